The fraction of sp³-hybridized carbons (Fsp3) is 0.238. The molecule has 152 valence electrons. The number of hydrogen-bond acceptors (Lipinski definition) is 4. The Bertz CT molecular complexity index is 1010. The number of H-pyrrole nitrogens is 1. The standard InChI is InChI=1S/C21H22ClN3O4/c1-25(29-2)21(28)19(26)17(10-13-6-4-3-5-7-13)24-20(27)18-12-14-11-15(22)8-9-16(14)23-18/h3-9,11-12,17,19,23,26H,10H2,1-2H3,(H,24,27)/t17-,19-/m0/s1. The van der Waals surface area contributed by atoms with Gasteiger partial charge in [0, 0.05) is 23.0 Å². The minimum atomic E-state index is -1.48. The topological polar surface area (TPSA) is 94.7 Å². The summed E-state index contributed by atoms with van der Waals surface area (Å²) in [5, 5.41) is 15.6. The number of nitrogens with zero attached hydrogens (tertiary/aromatic N) is 1. The van der Waals surface area contributed by atoms with Crippen LogP contribution >= 0.6 is 11.6 Å². The molecule has 0 aliphatic rings. The van der Waals surface area contributed by atoms with Gasteiger partial charge >= 0.3 is 0 Å². The average molecular weight is 416 g/mol. The first-order chi connectivity index (χ1) is 13.9. The maximum absolute atomic E-state index is 12.8. The number of hydroxylamine groups is 2. The second kappa shape index (κ2) is 9.09. The molecule has 8 heteroatoms. The normalized spacial score (nSPS) is 13.1. The number of aromatic amines is 1. The van der Waals surface area contributed by atoms with Crippen LogP contribution in [0.4, 0.5) is 0 Å². The molecule has 0 unspecified atom stereocenters. The van der Waals surface area contributed by atoms with Gasteiger partial charge < -0.3 is 15.4 Å². The summed E-state index contributed by atoms with van der Waals surface area (Å²) in [5.41, 5.74) is 1.93. The molecule has 0 aliphatic carbocycles. The van der Waals surface area contributed by atoms with Crippen LogP contribution in [0.2, 0.25) is 5.02 Å². The van der Waals surface area contributed by atoms with E-state index in [4.69, 9.17) is 16.4 Å². The van der Waals surface area contributed by atoms with Gasteiger partial charge in [0.2, 0.25) is 0 Å². The number of benzene rings is 2. The summed E-state index contributed by atoms with van der Waals surface area (Å²) in [7, 11) is 2.72. The van der Waals surface area contributed by atoms with Gasteiger partial charge in [-0.05, 0) is 36.2 Å². The van der Waals surface area contributed by atoms with Crippen LogP contribution in [0.5, 0.6) is 0 Å². The number of halogens is 1. The van der Waals surface area contributed by atoms with Crippen LogP contribution in [0.15, 0.2) is 54.6 Å². The highest BCUT2D eigenvalue weighted by atomic mass is 35.5. The summed E-state index contributed by atoms with van der Waals surface area (Å²) in [5.74, 6) is -1.10. The third kappa shape index (κ3) is 4.95. The van der Waals surface area contributed by atoms with Crippen molar-refractivity contribution in [3.05, 3.63) is 70.9 Å². The minimum absolute atomic E-state index is 0.267. The Morgan fingerprint density at radius 2 is 1.93 bits per heavy atom. The zero-order valence-electron chi connectivity index (χ0n) is 16.1. The molecular weight excluding hydrogens is 394 g/mol. The van der Waals surface area contributed by atoms with E-state index < -0.39 is 24.0 Å². The maximum atomic E-state index is 12.8. The Hall–Kier alpha value is -2.87. The lowest BCUT2D eigenvalue weighted by molar-refractivity contribution is -0.179. The van der Waals surface area contributed by atoms with E-state index in [9.17, 15) is 14.7 Å². The van der Waals surface area contributed by atoms with Gasteiger partial charge in [-0.15, -0.1) is 0 Å². The van der Waals surface area contributed by atoms with Gasteiger partial charge in [-0.3, -0.25) is 14.4 Å². The molecule has 1 heterocycles. The van der Waals surface area contributed by atoms with Gasteiger partial charge in [-0.2, -0.15) is 0 Å². The molecule has 0 radical (unpaired) electrons. The number of aromatic nitrogens is 1. The zero-order valence-corrected chi connectivity index (χ0v) is 16.8. The molecule has 3 aromatic rings. The Morgan fingerprint density at radius 1 is 1.21 bits per heavy atom. The molecule has 1 aromatic heterocycles. The summed E-state index contributed by atoms with van der Waals surface area (Å²) in [6, 6.07) is 15.4. The van der Waals surface area contributed by atoms with Crippen molar-refractivity contribution < 1.29 is 19.5 Å². The Kier molecular flexibility index (Phi) is 6.53. The molecular formula is C21H22ClN3O4. The number of aliphatic hydroxyl groups is 1. The van der Waals surface area contributed by atoms with Crippen LogP contribution in [0.3, 0.4) is 0 Å². The number of fused-ring (bicyclic) bond motifs is 1. The van der Waals surface area contributed by atoms with E-state index in [0.717, 1.165) is 21.5 Å². The van der Waals surface area contributed by atoms with E-state index in [-0.39, 0.29) is 6.42 Å². The van der Waals surface area contributed by atoms with Crippen LogP contribution in [-0.4, -0.2) is 53.3 Å². The van der Waals surface area contributed by atoms with Gasteiger partial charge in [0.1, 0.15) is 5.69 Å². The van der Waals surface area contributed by atoms with Gasteiger partial charge in [0.05, 0.1) is 13.2 Å². The highest BCUT2D eigenvalue weighted by molar-refractivity contribution is 6.31. The van der Waals surface area contributed by atoms with E-state index in [1.54, 1.807) is 24.3 Å². The average Bonchev–Trinajstić information content (AvgIpc) is 3.15. The monoisotopic (exact) mass is 415 g/mol. The smallest absolute Gasteiger partial charge is 0.276 e. The molecule has 0 bridgehead atoms. The first-order valence-electron chi connectivity index (χ1n) is 9.02. The van der Waals surface area contributed by atoms with Crippen molar-refractivity contribution in [2.45, 2.75) is 18.6 Å². The summed E-state index contributed by atoms with van der Waals surface area (Å²) < 4.78 is 0. The molecule has 2 amide bonds. The van der Waals surface area contributed by atoms with Crippen molar-refractivity contribution in [3.63, 3.8) is 0 Å². The van der Waals surface area contributed by atoms with Crippen LogP contribution in [-0.2, 0) is 16.1 Å². The maximum Gasteiger partial charge on any atom is 0.276 e. The highest BCUT2D eigenvalue weighted by Crippen LogP contribution is 2.20. The Labute approximate surface area is 173 Å². The van der Waals surface area contributed by atoms with E-state index in [2.05, 4.69) is 10.3 Å². The number of carbonyl (C=O) groups is 2. The summed E-state index contributed by atoms with van der Waals surface area (Å²) in [6.45, 7) is 0. The van der Waals surface area contributed by atoms with Gasteiger partial charge in [-0.25, -0.2) is 5.06 Å². The quantitative estimate of drug-likeness (QED) is 0.517. The van der Waals surface area contributed by atoms with Gasteiger partial charge in [-0.1, -0.05) is 41.9 Å². The van der Waals surface area contributed by atoms with E-state index in [0.29, 0.717) is 10.7 Å². The number of hydrogen-bond donors (Lipinski definition) is 3. The number of rotatable bonds is 7. The van der Waals surface area contributed by atoms with Crippen molar-refractivity contribution in [1.82, 2.24) is 15.4 Å². The van der Waals surface area contributed by atoms with Crippen molar-refractivity contribution in [1.29, 1.82) is 0 Å². The minimum Gasteiger partial charge on any atom is -0.381 e. The van der Waals surface area contributed by atoms with E-state index >= 15 is 0 Å². The second-order valence-electron chi connectivity index (χ2n) is 6.65. The van der Waals surface area contributed by atoms with Crippen LogP contribution in [0, 0.1) is 0 Å². The molecule has 7 nitrogen and oxygen atoms in total. The molecule has 29 heavy (non-hydrogen) atoms. The van der Waals surface area contributed by atoms with Crippen molar-refractivity contribution >= 4 is 34.3 Å². The van der Waals surface area contributed by atoms with Gasteiger partial charge in [0.15, 0.2) is 6.10 Å². The van der Waals surface area contributed by atoms with Crippen molar-refractivity contribution in [2.24, 2.45) is 0 Å². The molecule has 0 saturated heterocycles. The predicted octanol–water partition coefficient (Wildman–Crippen LogP) is 2.54. The van der Waals surface area contributed by atoms with Gasteiger partial charge in [0.25, 0.3) is 11.8 Å². The summed E-state index contributed by atoms with van der Waals surface area (Å²) >= 11 is 6.00. The number of carbonyl (C=O) groups excluding carboxylic acids is 2. The lowest BCUT2D eigenvalue weighted by atomic mass is 10.0. The second-order valence-corrected chi connectivity index (χ2v) is 7.08. The van der Waals surface area contributed by atoms with Crippen LogP contribution in [0.1, 0.15) is 16.1 Å². The van der Waals surface area contributed by atoms with Crippen molar-refractivity contribution in [2.75, 3.05) is 14.2 Å². The molecule has 0 spiro atoms. The van der Waals surface area contributed by atoms with Crippen LogP contribution in [0.25, 0.3) is 10.9 Å². The summed E-state index contributed by atoms with van der Waals surface area (Å²) in [4.78, 5) is 33.1. The zero-order chi connectivity index (χ0) is 21.0. The Morgan fingerprint density at radius 3 is 2.62 bits per heavy atom. The molecule has 0 aliphatic heterocycles. The van der Waals surface area contributed by atoms with E-state index in [1.807, 2.05) is 30.3 Å². The highest BCUT2D eigenvalue weighted by Gasteiger charge is 2.31. The van der Waals surface area contributed by atoms with Crippen molar-refractivity contribution in [3.8, 4) is 0 Å². The first-order valence-corrected chi connectivity index (χ1v) is 9.39. The Balaban J connectivity index is 1.84. The predicted molar refractivity (Wildman–Crippen MR) is 110 cm³/mol. The SMILES string of the molecule is CON(C)C(=O)[C@@H](O)[C@H](Cc1ccccc1)NC(=O)c1cc2cc(Cl)ccc2[nH]1. The molecule has 3 rings (SSSR count). The van der Waals surface area contributed by atoms with Crippen LogP contribution < -0.4 is 5.32 Å². The fourth-order valence-electron chi connectivity index (χ4n) is 3.03. The molecule has 2 aromatic carbocycles. The summed E-state index contributed by atoms with van der Waals surface area (Å²) in [6.07, 6.45) is -1.22. The first kappa shape index (κ1) is 20.9. The number of nitrogens with one attached hydrogen (secondary N) is 2. The largest absolute Gasteiger partial charge is 0.381 e. The number of amides is 2. The molecule has 3 N–H and O–H groups in total. The number of aliphatic hydroxyl groups excluding tert-OH is 1. The third-order valence-corrected chi connectivity index (χ3v) is 4.90. The van der Waals surface area contributed by atoms with E-state index in [1.165, 1.54) is 14.2 Å². The number of likely N-dealkylation sites (N-methyl/N-ethyl adjacent to an activating group) is 1. The third-order valence-electron chi connectivity index (χ3n) is 4.66. The molecule has 0 saturated carbocycles. The molecule has 2 atom stereocenters. The molecule has 0 fully saturated rings. The lowest BCUT2D eigenvalue weighted by Gasteiger charge is -2.26. The fourth-order valence-corrected chi connectivity index (χ4v) is 3.21. The lowest BCUT2D eigenvalue weighted by Crippen LogP contribution is -2.51.